The first-order valence-corrected chi connectivity index (χ1v) is 11.7. The fourth-order valence-electron chi connectivity index (χ4n) is 3.73. The van der Waals surface area contributed by atoms with Crippen molar-refractivity contribution in [3.8, 4) is 5.88 Å². The van der Waals surface area contributed by atoms with Gasteiger partial charge in [-0.15, -0.1) is 0 Å². The van der Waals surface area contributed by atoms with Gasteiger partial charge in [0.1, 0.15) is 6.61 Å². The smallest absolute Gasteiger partial charge is 0.218 e. The maximum Gasteiger partial charge on any atom is 0.218 e. The Morgan fingerprint density at radius 1 is 1.03 bits per heavy atom. The second-order valence-electron chi connectivity index (χ2n) is 8.01. The van der Waals surface area contributed by atoms with Crippen molar-refractivity contribution in [2.45, 2.75) is 45.8 Å². The molecule has 0 bridgehead atoms. The van der Waals surface area contributed by atoms with E-state index in [9.17, 15) is 0 Å². The minimum atomic E-state index is 0.475. The molecule has 1 saturated heterocycles. The molecule has 3 rings (SSSR count). The van der Waals surface area contributed by atoms with Crippen molar-refractivity contribution in [1.29, 1.82) is 0 Å². The van der Waals surface area contributed by atoms with E-state index < -0.39 is 0 Å². The lowest BCUT2D eigenvalue weighted by molar-refractivity contribution is 0.143. The largest absolute Gasteiger partial charge is 0.475 e. The zero-order chi connectivity index (χ0) is 22.4. The van der Waals surface area contributed by atoms with E-state index in [1.165, 1.54) is 43.5 Å². The number of methoxy groups -OCH3 is 1. The maximum atomic E-state index is 5.72. The van der Waals surface area contributed by atoms with Gasteiger partial charge in [0.05, 0.1) is 13.2 Å². The Hall–Kier alpha value is -2.64. The van der Waals surface area contributed by atoms with Crippen molar-refractivity contribution < 1.29 is 9.47 Å². The van der Waals surface area contributed by atoms with Crippen molar-refractivity contribution in [1.82, 2.24) is 20.5 Å². The molecule has 0 atom stereocenters. The highest BCUT2D eigenvalue weighted by Gasteiger charge is 2.10. The summed E-state index contributed by atoms with van der Waals surface area (Å²) in [6, 6.07) is 12.8. The fourth-order valence-corrected chi connectivity index (χ4v) is 3.73. The molecule has 0 radical (unpaired) electrons. The van der Waals surface area contributed by atoms with Crippen LogP contribution >= 0.6 is 0 Å². The number of aromatic nitrogens is 1. The molecule has 7 heteroatoms. The molecule has 1 aromatic carbocycles. The Kier molecular flexibility index (Phi) is 10.3. The average molecular weight is 440 g/mol. The average Bonchev–Trinajstić information content (AvgIpc) is 2.83. The highest BCUT2D eigenvalue weighted by Crippen LogP contribution is 2.15. The molecule has 0 aliphatic carbocycles. The van der Waals surface area contributed by atoms with Crippen molar-refractivity contribution in [3.05, 3.63) is 59.3 Å². The van der Waals surface area contributed by atoms with Crippen LogP contribution in [0, 0.1) is 0 Å². The molecule has 0 unspecified atom stereocenters. The van der Waals surface area contributed by atoms with Crippen LogP contribution < -0.4 is 15.4 Å². The molecule has 2 aromatic rings. The van der Waals surface area contributed by atoms with Crippen molar-refractivity contribution in [3.63, 3.8) is 0 Å². The van der Waals surface area contributed by atoms with Crippen LogP contribution in [0.2, 0.25) is 0 Å². The SMILES string of the molecule is CCNC(=NCc1ccc(CN2CCCCC2)cc1)NCc1cccnc1OCCOC. The van der Waals surface area contributed by atoms with Crippen LogP contribution in [0.15, 0.2) is 47.6 Å². The molecule has 174 valence electrons. The van der Waals surface area contributed by atoms with Gasteiger partial charge in [0.15, 0.2) is 5.96 Å². The monoisotopic (exact) mass is 439 g/mol. The highest BCUT2D eigenvalue weighted by atomic mass is 16.5. The topological polar surface area (TPSA) is 71.0 Å². The Bertz CT molecular complexity index is 819. The van der Waals surface area contributed by atoms with E-state index in [1.807, 2.05) is 12.1 Å². The van der Waals surface area contributed by atoms with Crippen LogP contribution in [0.3, 0.4) is 0 Å². The molecule has 0 amide bonds. The standard InChI is InChI=1S/C25H37N5O2/c1-3-26-25(29-19-23-8-7-13-27-24(23)32-17-16-31-2)28-18-21-9-11-22(12-10-21)20-30-14-5-4-6-15-30/h7-13H,3-6,14-20H2,1-2H3,(H2,26,28,29). The lowest BCUT2D eigenvalue weighted by Gasteiger charge is -2.26. The van der Waals surface area contributed by atoms with E-state index >= 15 is 0 Å². The predicted molar refractivity (Wildman–Crippen MR) is 129 cm³/mol. The number of hydrogen-bond donors (Lipinski definition) is 2. The number of pyridine rings is 1. The summed E-state index contributed by atoms with van der Waals surface area (Å²) in [4.78, 5) is 11.6. The predicted octanol–water partition coefficient (Wildman–Crippen LogP) is 3.35. The summed E-state index contributed by atoms with van der Waals surface area (Å²) in [6.07, 6.45) is 5.76. The van der Waals surface area contributed by atoms with Gasteiger partial charge in [0, 0.05) is 38.5 Å². The van der Waals surface area contributed by atoms with Crippen LogP contribution in [-0.2, 0) is 24.4 Å². The third-order valence-electron chi connectivity index (χ3n) is 5.46. The molecule has 1 fully saturated rings. The molecule has 32 heavy (non-hydrogen) atoms. The number of benzene rings is 1. The summed E-state index contributed by atoms with van der Waals surface area (Å²) in [5.74, 6) is 1.40. The molecular weight excluding hydrogens is 402 g/mol. The summed E-state index contributed by atoms with van der Waals surface area (Å²) in [5, 5.41) is 6.70. The molecule has 0 spiro atoms. The number of hydrogen-bond acceptors (Lipinski definition) is 5. The Balaban J connectivity index is 1.53. The van der Waals surface area contributed by atoms with E-state index in [1.54, 1.807) is 13.3 Å². The van der Waals surface area contributed by atoms with Gasteiger partial charge >= 0.3 is 0 Å². The summed E-state index contributed by atoms with van der Waals surface area (Å²) in [5.41, 5.74) is 3.56. The van der Waals surface area contributed by atoms with Gasteiger partial charge < -0.3 is 20.1 Å². The van der Waals surface area contributed by atoms with Gasteiger partial charge in [-0.3, -0.25) is 4.90 Å². The minimum absolute atomic E-state index is 0.475. The van der Waals surface area contributed by atoms with E-state index in [4.69, 9.17) is 14.5 Å². The highest BCUT2D eigenvalue weighted by molar-refractivity contribution is 5.79. The number of nitrogens with one attached hydrogen (secondary N) is 2. The van der Waals surface area contributed by atoms with Gasteiger partial charge in [0.25, 0.3) is 0 Å². The van der Waals surface area contributed by atoms with E-state index in [0.717, 1.165) is 24.6 Å². The summed E-state index contributed by atoms with van der Waals surface area (Å²) < 4.78 is 10.8. The van der Waals surface area contributed by atoms with Crippen LogP contribution in [0.5, 0.6) is 5.88 Å². The van der Waals surface area contributed by atoms with E-state index in [2.05, 4.69) is 51.7 Å². The number of likely N-dealkylation sites (tertiary alicyclic amines) is 1. The van der Waals surface area contributed by atoms with Gasteiger partial charge in [-0.25, -0.2) is 9.98 Å². The van der Waals surface area contributed by atoms with Crippen LogP contribution in [0.25, 0.3) is 0 Å². The fraction of sp³-hybridized carbons (Fsp3) is 0.520. The van der Waals surface area contributed by atoms with Crippen LogP contribution in [-0.4, -0.2) is 55.8 Å². The Morgan fingerprint density at radius 3 is 2.56 bits per heavy atom. The molecule has 1 aliphatic rings. The van der Waals surface area contributed by atoms with Gasteiger partial charge in [-0.2, -0.15) is 0 Å². The Morgan fingerprint density at radius 2 is 1.81 bits per heavy atom. The number of aliphatic imine (C=N–C) groups is 1. The van der Waals surface area contributed by atoms with Gasteiger partial charge in [-0.1, -0.05) is 36.8 Å². The first kappa shape index (κ1) is 24.0. The summed E-state index contributed by atoms with van der Waals surface area (Å²) >= 11 is 0. The van der Waals surface area contributed by atoms with Crippen LogP contribution in [0.1, 0.15) is 42.9 Å². The van der Waals surface area contributed by atoms with Crippen LogP contribution in [0.4, 0.5) is 0 Å². The zero-order valence-electron chi connectivity index (χ0n) is 19.5. The second-order valence-corrected chi connectivity index (χ2v) is 8.01. The molecule has 7 nitrogen and oxygen atoms in total. The molecular formula is C25H37N5O2. The first-order chi connectivity index (χ1) is 15.8. The lowest BCUT2D eigenvalue weighted by atomic mass is 10.1. The lowest BCUT2D eigenvalue weighted by Crippen LogP contribution is -2.37. The molecule has 0 saturated carbocycles. The maximum absolute atomic E-state index is 5.72. The first-order valence-electron chi connectivity index (χ1n) is 11.7. The third kappa shape index (κ3) is 8.13. The number of rotatable bonds is 11. The van der Waals surface area contributed by atoms with Gasteiger partial charge in [0.2, 0.25) is 5.88 Å². The zero-order valence-corrected chi connectivity index (χ0v) is 19.5. The number of ether oxygens (including phenoxy) is 2. The Labute approximate surface area is 192 Å². The number of nitrogens with zero attached hydrogens (tertiary/aromatic N) is 3. The van der Waals surface area contributed by atoms with E-state index in [0.29, 0.717) is 32.2 Å². The summed E-state index contributed by atoms with van der Waals surface area (Å²) in [7, 11) is 1.66. The molecule has 2 heterocycles. The third-order valence-corrected chi connectivity index (χ3v) is 5.46. The van der Waals surface area contributed by atoms with E-state index in [-0.39, 0.29) is 0 Å². The molecule has 2 N–H and O–H groups in total. The number of piperidine rings is 1. The van der Waals surface area contributed by atoms with Crippen molar-refractivity contribution >= 4 is 5.96 Å². The van der Waals surface area contributed by atoms with Crippen molar-refractivity contribution in [2.24, 2.45) is 4.99 Å². The summed E-state index contributed by atoms with van der Waals surface area (Å²) in [6.45, 7) is 8.57. The quantitative estimate of drug-likeness (QED) is 0.318. The van der Waals surface area contributed by atoms with Gasteiger partial charge in [-0.05, 0) is 50.0 Å². The molecule has 1 aliphatic heterocycles. The second kappa shape index (κ2) is 13.7. The normalized spacial score (nSPS) is 14.9. The van der Waals surface area contributed by atoms with Crippen molar-refractivity contribution in [2.75, 3.05) is 40.0 Å². The minimum Gasteiger partial charge on any atom is -0.475 e. The molecule has 1 aromatic heterocycles. The number of guanidine groups is 1.